The van der Waals surface area contributed by atoms with Crippen molar-refractivity contribution in [3.63, 3.8) is 0 Å². The van der Waals surface area contributed by atoms with Crippen LogP contribution in [0.3, 0.4) is 0 Å². The first-order valence-electron chi connectivity index (χ1n) is 9.87. The number of carbonyl (C=O) groups is 1. The Bertz CT molecular complexity index is 1140. The second-order valence-electron chi connectivity index (χ2n) is 7.27. The fourth-order valence-electron chi connectivity index (χ4n) is 3.86. The molecule has 0 aliphatic heterocycles. The van der Waals surface area contributed by atoms with Crippen molar-refractivity contribution >= 4 is 5.91 Å². The van der Waals surface area contributed by atoms with Gasteiger partial charge in [-0.05, 0) is 49.1 Å². The molecule has 1 aliphatic rings. The molecule has 0 saturated heterocycles. The number of para-hydroxylation sites is 1. The molecule has 2 aromatic carbocycles. The number of nitriles is 1. The van der Waals surface area contributed by atoms with E-state index in [1.54, 1.807) is 46.0 Å². The van der Waals surface area contributed by atoms with Gasteiger partial charge in [-0.3, -0.25) is 4.79 Å². The summed E-state index contributed by atoms with van der Waals surface area (Å²) in [4.78, 5) is 15.1. The van der Waals surface area contributed by atoms with Gasteiger partial charge >= 0.3 is 0 Å². The highest BCUT2D eigenvalue weighted by molar-refractivity contribution is 5.94. The molecule has 0 radical (unpaired) electrons. The largest absolute Gasteiger partial charge is 0.329 e. The minimum absolute atomic E-state index is 0.201. The Morgan fingerprint density at radius 1 is 1.23 bits per heavy atom. The second-order valence-corrected chi connectivity index (χ2v) is 7.27. The Morgan fingerprint density at radius 3 is 2.70 bits per heavy atom. The van der Waals surface area contributed by atoms with E-state index in [4.69, 9.17) is 5.26 Å². The summed E-state index contributed by atoms with van der Waals surface area (Å²) in [6.45, 7) is 4.50. The first kappa shape index (κ1) is 19.6. The van der Waals surface area contributed by atoms with Gasteiger partial charge in [0.15, 0.2) is 5.69 Å². The Hall–Kier alpha value is -3.72. The molecule has 150 valence electrons. The molecular formula is C24H21FN4O. The van der Waals surface area contributed by atoms with Gasteiger partial charge in [0, 0.05) is 24.3 Å². The summed E-state index contributed by atoms with van der Waals surface area (Å²) in [5.74, 6) is -0.568. The normalized spacial score (nSPS) is 12.3. The Kier molecular flexibility index (Phi) is 5.44. The predicted molar refractivity (Wildman–Crippen MR) is 112 cm³/mol. The molecular weight excluding hydrogens is 379 g/mol. The summed E-state index contributed by atoms with van der Waals surface area (Å²) >= 11 is 0. The summed E-state index contributed by atoms with van der Waals surface area (Å²) in [5, 5.41) is 13.5. The number of aromatic nitrogens is 2. The first-order valence-corrected chi connectivity index (χ1v) is 9.87. The van der Waals surface area contributed by atoms with E-state index in [1.807, 2.05) is 12.1 Å². The highest BCUT2D eigenvalue weighted by Gasteiger charge is 2.30. The lowest BCUT2D eigenvalue weighted by Gasteiger charge is -2.21. The van der Waals surface area contributed by atoms with E-state index < -0.39 is 0 Å². The Balaban J connectivity index is 1.68. The maximum absolute atomic E-state index is 14.4. The lowest BCUT2D eigenvalue weighted by Crippen LogP contribution is -2.31. The third-order valence-electron chi connectivity index (χ3n) is 5.31. The van der Waals surface area contributed by atoms with E-state index in [1.165, 1.54) is 6.07 Å². The van der Waals surface area contributed by atoms with E-state index in [0.717, 1.165) is 36.1 Å². The summed E-state index contributed by atoms with van der Waals surface area (Å²) in [7, 11) is 0. The van der Waals surface area contributed by atoms with Crippen molar-refractivity contribution in [1.82, 2.24) is 14.7 Å². The van der Waals surface area contributed by atoms with E-state index in [0.29, 0.717) is 30.0 Å². The molecule has 0 N–H and O–H groups in total. The van der Waals surface area contributed by atoms with Gasteiger partial charge in [-0.2, -0.15) is 10.4 Å². The van der Waals surface area contributed by atoms with Crippen LogP contribution in [0.2, 0.25) is 0 Å². The summed E-state index contributed by atoms with van der Waals surface area (Å²) in [6.07, 6.45) is 4.11. The van der Waals surface area contributed by atoms with Crippen molar-refractivity contribution < 1.29 is 9.18 Å². The number of rotatable bonds is 6. The number of hydrogen-bond acceptors (Lipinski definition) is 3. The molecule has 6 heteroatoms. The molecule has 1 amide bonds. The van der Waals surface area contributed by atoms with Gasteiger partial charge in [0.2, 0.25) is 0 Å². The van der Waals surface area contributed by atoms with Crippen LogP contribution in [0.15, 0.2) is 61.2 Å². The second kappa shape index (κ2) is 8.34. The van der Waals surface area contributed by atoms with Gasteiger partial charge in [-0.1, -0.05) is 30.3 Å². The van der Waals surface area contributed by atoms with Gasteiger partial charge in [-0.25, -0.2) is 9.07 Å². The van der Waals surface area contributed by atoms with E-state index in [2.05, 4.69) is 17.7 Å². The monoisotopic (exact) mass is 400 g/mol. The SMILES string of the molecule is C=CCN(Cc1ccc(C#N)cc1)C(=O)c1nn(-c2ccccc2F)c2c1CCC2. The molecule has 0 fully saturated rings. The molecule has 1 heterocycles. The van der Waals surface area contributed by atoms with Crippen LogP contribution in [0, 0.1) is 17.1 Å². The minimum Gasteiger partial charge on any atom is -0.329 e. The van der Waals surface area contributed by atoms with Crippen molar-refractivity contribution in [3.05, 3.63) is 95.1 Å². The van der Waals surface area contributed by atoms with Gasteiger partial charge in [0.05, 0.1) is 11.6 Å². The van der Waals surface area contributed by atoms with Crippen LogP contribution in [0.4, 0.5) is 4.39 Å². The van der Waals surface area contributed by atoms with Crippen molar-refractivity contribution in [1.29, 1.82) is 5.26 Å². The fourth-order valence-corrected chi connectivity index (χ4v) is 3.86. The third-order valence-corrected chi connectivity index (χ3v) is 5.31. The molecule has 0 saturated carbocycles. The fraction of sp³-hybridized carbons (Fsp3) is 0.208. The zero-order valence-electron chi connectivity index (χ0n) is 16.5. The van der Waals surface area contributed by atoms with Crippen LogP contribution in [0.25, 0.3) is 5.69 Å². The van der Waals surface area contributed by atoms with Crippen molar-refractivity contribution in [3.8, 4) is 11.8 Å². The molecule has 1 aromatic heterocycles. The summed E-state index contributed by atoms with van der Waals surface area (Å²) < 4.78 is 16.0. The standard InChI is InChI=1S/C24H21FN4O/c1-2-14-28(16-18-12-10-17(15-26)11-13-18)24(30)23-19-6-5-9-21(19)29(27-23)22-8-4-3-7-20(22)25/h2-4,7-8,10-13H,1,5-6,9,14,16H2. The van der Waals surface area contributed by atoms with Gasteiger partial charge < -0.3 is 4.90 Å². The van der Waals surface area contributed by atoms with E-state index in [9.17, 15) is 9.18 Å². The zero-order chi connectivity index (χ0) is 21.1. The minimum atomic E-state index is -0.366. The molecule has 0 bridgehead atoms. The Labute approximate surface area is 174 Å². The van der Waals surface area contributed by atoms with Crippen LogP contribution in [-0.4, -0.2) is 27.1 Å². The number of carbonyl (C=O) groups excluding carboxylic acids is 1. The first-order chi connectivity index (χ1) is 14.6. The lowest BCUT2D eigenvalue weighted by atomic mass is 10.1. The van der Waals surface area contributed by atoms with Gasteiger partial charge in [-0.15, -0.1) is 6.58 Å². The molecule has 3 aromatic rings. The molecule has 5 nitrogen and oxygen atoms in total. The zero-order valence-corrected chi connectivity index (χ0v) is 16.5. The lowest BCUT2D eigenvalue weighted by molar-refractivity contribution is 0.0755. The number of halogens is 1. The average Bonchev–Trinajstić information content (AvgIpc) is 3.37. The number of fused-ring (bicyclic) bond motifs is 1. The number of nitrogens with zero attached hydrogens (tertiary/aromatic N) is 4. The van der Waals surface area contributed by atoms with Gasteiger partial charge in [0.25, 0.3) is 5.91 Å². The van der Waals surface area contributed by atoms with Gasteiger partial charge in [0.1, 0.15) is 11.5 Å². The van der Waals surface area contributed by atoms with Crippen molar-refractivity contribution in [2.75, 3.05) is 6.54 Å². The molecule has 1 aliphatic carbocycles. The van der Waals surface area contributed by atoms with E-state index >= 15 is 0 Å². The van der Waals surface area contributed by atoms with Crippen LogP contribution in [0.1, 0.15) is 39.3 Å². The van der Waals surface area contributed by atoms with Crippen molar-refractivity contribution in [2.24, 2.45) is 0 Å². The predicted octanol–water partition coefficient (Wildman–Crippen LogP) is 4.20. The highest BCUT2D eigenvalue weighted by Crippen LogP contribution is 2.29. The van der Waals surface area contributed by atoms with Crippen LogP contribution < -0.4 is 0 Å². The molecule has 4 rings (SSSR count). The summed E-state index contributed by atoms with van der Waals surface area (Å²) in [6, 6.07) is 15.7. The number of benzene rings is 2. The number of amides is 1. The Morgan fingerprint density at radius 2 is 2.00 bits per heavy atom. The number of hydrogen-bond donors (Lipinski definition) is 0. The quantitative estimate of drug-likeness (QED) is 0.583. The molecule has 0 unspecified atom stereocenters. The average molecular weight is 400 g/mol. The topological polar surface area (TPSA) is 61.9 Å². The molecule has 30 heavy (non-hydrogen) atoms. The molecule has 0 spiro atoms. The third kappa shape index (κ3) is 3.62. The highest BCUT2D eigenvalue weighted by atomic mass is 19.1. The van der Waals surface area contributed by atoms with E-state index in [-0.39, 0.29) is 11.7 Å². The maximum atomic E-state index is 14.4. The van der Waals surface area contributed by atoms with Crippen LogP contribution >= 0.6 is 0 Å². The smallest absolute Gasteiger partial charge is 0.275 e. The molecule has 0 atom stereocenters. The summed E-state index contributed by atoms with van der Waals surface area (Å²) in [5.41, 5.74) is 4.02. The maximum Gasteiger partial charge on any atom is 0.275 e. The van der Waals surface area contributed by atoms with Crippen LogP contribution in [0.5, 0.6) is 0 Å². The van der Waals surface area contributed by atoms with Crippen LogP contribution in [-0.2, 0) is 19.4 Å². The van der Waals surface area contributed by atoms with Crippen molar-refractivity contribution in [2.45, 2.75) is 25.8 Å².